The summed E-state index contributed by atoms with van der Waals surface area (Å²) in [5, 5.41) is 2.79. The number of hydrogen-bond acceptors (Lipinski definition) is 4. The molecule has 0 unspecified atom stereocenters. The summed E-state index contributed by atoms with van der Waals surface area (Å²) >= 11 is 0. The maximum absolute atomic E-state index is 12.9. The van der Waals surface area contributed by atoms with Crippen LogP contribution < -0.4 is 14.8 Å². The summed E-state index contributed by atoms with van der Waals surface area (Å²) in [6.45, 7) is 5.41. The number of anilines is 1. The molecule has 6 nitrogen and oxygen atoms in total. The second-order valence-corrected chi connectivity index (χ2v) is 7.89. The summed E-state index contributed by atoms with van der Waals surface area (Å²) in [6.07, 6.45) is 0.818. The Morgan fingerprint density at radius 1 is 1.19 bits per heavy atom. The van der Waals surface area contributed by atoms with Crippen LogP contribution in [0.2, 0.25) is 0 Å². The standard InChI is InChI=1S/C19H23FN2O4S/c1-4-14(3)21-19(23)12-26-18-10-9-17(11-13(18)2)27(24,25)22-16-7-5-15(20)6-8-16/h5-11,14,22H,4,12H2,1-3H3,(H,21,23)/t14-/m0/s1. The predicted molar refractivity (Wildman–Crippen MR) is 102 cm³/mol. The van der Waals surface area contributed by atoms with Crippen molar-refractivity contribution < 1.29 is 22.3 Å². The summed E-state index contributed by atoms with van der Waals surface area (Å²) in [4.78, 5) is 11.8. The van der Waals surface area contributed by atoms with Crippen LogP contribution in [0.15, 0.2) is 47.4 Å². The van der Waals surface area contributed by atoms with Gasteiger partial charge in [-0.3, -0.25) is 9.52 Å². The highest BCUT2D eigenvalue weighted by atomic mass is 32.2. The molecule has 1 amide bonds. The molecule has 2 aromatic rings. The Bertz CT molecular complexity index is 898. The molecule has 0 aliphatic carbocycles. The first-order chi connectivity index (χ1) is 12.7. The van der Waals surface area contributed by atoms with Gasteiger partial charge < -0.3 is 10.1 Å². The molecule has 0 saturated carbocycles. The number of benzene rings is 2. The molecule has 1 atom stereocenters. The Hall–Kier alpha value is -2.61. The van der Waals surface area contributed by atoms with Gasteiger partial charge in [-0.2, -0.15) is 0 Å². The van der Waals surface area contributed by atoms with E-state index in [1.807, 2.05) is 13.8 Å². The monoisotopic (exact) mass is 394 g/mol. The Kier molecular flexibility index (Phi) is 6.79. The van der Waals surface area contributed by atoms with E-state index in [0.29, 0.717) is 11.3 Å². The van der Waals surface area contributed by atoms with E-state index in [0.717, 1.165) is 6.42 Å². The van der Waals surface area contributed by atoms with Gasteiger partial charge in [0.25, 0.3) is 15.9 Å². The Balaban J connectivity index is 2.06. The van der Waals surface area contributed by atoms with Crippen molar-refractivity contribution in [3.8, 4) is 5.75 Å². The Morgan fingerprint density at radius 3 is 2.44 bits per heavy atom. The molecule has 0 aliphatic heterocycles. The first-order valence-electron chi connectivity index (χ1n) is 8.52. The maximum Gasteiger partial charge on any atom is 0.261 e. The van der Waals surface area contributed by atoms with Crippen molar-refractivity contribution in [2.75, 3.05) is 11.3 Å². The molecular formula is C19H23FN2O4S. The number of ether oxygens (including phenoxy) is 1. The number of nitrogens with one attached hydrogen (secondary N) is 2. The molecular weight excluding hydrogens is 371 g/mol. The van der Waals surface area contributed by atoms with Gasteiger partial charge in [0.15, 0.2) is 6.61 Å². The highest BCUT2D eigenvalue weighted by Crippen LogP contribution is 2.23. The number of aryl methyl sites for hydroxylation is 1. The van der Waals surface area contributed by atoms with E-state index in [1.54, 1.807) is 6.92 Å². The van der Waals surface area contributed by atoms with Gasteiger partial charge in [0.1, 0.15) is 11.6 Å². The zero-order valence-electron chi connectivity index (χ0n) is 15.5. The van der Waals surface area contributed by atoms with Crippen LogP contribution in [-0.2, 0) is 14.8 Å². The summed E-state index contributed by atoms with van der Waals surface area (Å²) in [5.74, 6) is -0.263. The highest BCUT2D eigenvalue weighted by Gasteiger charge is 2.16. The molecule has 0 heterocycles. The van der Waals surface area contributed by atoms with E-state index in [1.165, 1.54) is 42.5 Å². The number of amides is 1. The molecule has 27 heavy (non-hydrogen) atoms. The zero-order chi connectivity index (χ0) is 20.0. The molecule has 8 heteroatoms. The molecule has 2 N–H and O–H groups in total. The van der Waals surface area contributed by atoms with Crippen LogP contribution in [-0.4, -0.2) is 27.0 Å². The maximum atomic E-state index is 12.9. The highest BCUT2D eigenvalue weighted by molar-refractivity contribution is 7.92. The van der Waals surface area contributed by atoms with Crippen LogP contribution in [0.25, 0.3) is 0 Å². The number of hydrogen-bond donors (Lipinski definition) is 2. The summed E-state index contributed by atoms with van der Waals surface area (Å²) in [7, 11) is -3.82. The molecule has 0 radical (unpaired) electrons. The fraction of sp³-hybridized carbons (Fsp3) is 0.316. The lowest BCUT2D eigenvalue weighted by atomic mass is 10.2. The first-order valence-corrected chi connectivity index (χ1v) is 10.0. The molecule has 0 fully saturated rings. The van der Waals surface area contributed by atoms with Crippen LogP contribution in [0.3, 0.4) is 0 Å². The lowest BCUT2D eigenvalue weighted by Crippen LogP contribution is -2.35. The van der Waals surface area contributed by atoms with Gasteiger partial charge >= 0.3 is 0 Å². The molecule has 0 spiro atoms. The lowest BCUT2D eigenvalue weighted by Gasteiger charge is -2.14. The molecule has 0 saturated heterocycles. The van der Waals surface area contributed by atoms with Gasteiger partial charge in [0, 0.05) is 11.7 Å². The van der Waals surface area contributed by atoms with Crippen LogP contribution in [0.1, 0.15) is 25.8 Å². The quantitative estimate of drug-likeness (QED) is 0.720. The topological polar surface area (TPSA) is 84.5 Å². The van der Waals surface area contributed by atoms with Crippen molar-refractivity contribution in [2.45, 2.75) is 38.1 Å². The van der Waals surface area contributed by atoms with Gasteiger partial charge in [-0.15, -0.1) is 0 Å². The molecule has 2 rings (SSSR count). The summed E-state index contributed by atoms with van der Waals surface area (Å²) < 4.78 is 45.7. The average Bonchev–Trinajstić information content (AvgIpc) is 2.62. The van der Waals surface area contributed by atoms with Crippen molar-refractivity contribution in [3.63, 3.8) is 0 Å². The summed E-state index contributed by atoms with van der Waals surface area (Å²) in [5.41, 5.74) is 0.837. The van der Waals surface area contributed by atoms with E-state index in [2.05, 4.69) is 10.0 Å². The third kappa shape index (κ3) is 5.96. The predicted octanol–water partition coefficient (Wildman–Crippen LogP) is 3.23. The number of carbonyl (C=O) groups is 1. The van der Waals surface area contributed by atoms with Crippen molar-refractivity contribution in [1.82, 2.24) is 5.32 Å². The van der Waals surface area contributed by atoms with E-state index in [4.69, 9.17) is 4.74 Å². The van der Waals surface area contributed by atoms with E-state index in [-0.39, 0.29) is 29.1 Å². The minimum atomic E-state index is -3.82. The summed E-state index contributed by atoms with van der Waals surface area (Å²) in [6, 6.07) is 9.43. The molecule has 0 aliphatic rings. The Morgan fingerprint density at radius 2 is 1.85 bits per heavy atom. The lowest BCUT2D eigenvalue weighted by molar-refractivity contribution is -0.123. The van der Waals surface area contributed by atoms with Crippen molar-refractivity contribution in [2.24, 2.45) is 0 Å². The minimum absolute atomic E-state index is 0.0423. The van der Waals surface area contributed by atoms with E-state index < -0.39 is 15.8 Å². The number of halogens is 1. The minimum Gasteiger partial charge on any atom is -0.484 e. The van der Waals surface area contributed by atoms with Crippen LogP contribution in [0.5, 0.6) is 5.75 Å². The van der Waals surface area contributed by atoms with E-state index in [9.17, 15) is 17.6 Å². The van der Waals surface area contributed by atoms with Gasteiger partial charge in [0.05, 0.1) is 4.90 Å². The zero-order valence-corrected chi connectivity index (χ0v) is 16.3. The van der Waals surface area contributed by atoms with E-state index >= 15 is 0 Å². The SMILES string of the molecule is CC[C@H](C)NC(=O)COc1ccc(S(=O)(=O)Nc2ccc(F)cc2)cc1C. The van der Waals surface area contributed by atoms with Gasteiger partial charge in [-0.1, -0.05) is 6.92 Å². The second kappa shape index (κ2) is 8.85. The Labute approximate surface area is 158 Å². The smallest absolute Gasteiger partial charge is 0.261 e. The normalized spacial score (nSPS) is 12.3. The number of rotatable bonds is 8. The van der Waals surface area contributed by atoms with Crippen molar-refractivity contribution in [3.05, 3.63) is 53.8 Å². The third-order valence-electron chi connectivity index (χ3n) is 3.93. The largest absolute Gasteiger partial charge is 0.484 e. The van der Waals surface area contributed by atoms with Crippen LogP contribution in [0.4, 0.5) is 10.1 Å². The van der Waals surface area contributed by atoms with Gasteiger partial charge in [-0.25, -0.2) is 12.8 Å². The van der Waals surface area contributed by atoms with Gasteiger partial charge in [-0.05, 0) is 68.3 Å². The molecule has 2 aromatic carbocycles. The van der Waals surface area contributed by atoms with Crippen LogP contribution in [0, 0.1) is 12.7 Å². The molecule has 0 bridgehead atoms. The van der Waals surface area contributed by atoms with Crippen LogP contribution >= 0.6 is 0 Å². The average molecular weight is 394 g/mol. The van der Waals surface area contributed by atoms with Crippen molar-refractivity contribution in [1.29, 1.82) is 0 Å². The number of sulfonamides is 1. The fourth-order valence-electron chi connectivity index (χ4n) is 2.24. The first kappa shape index (κ1) is 20.7. The van der Waals surface area contributed by atoms with Gasteiger partial charge in [0.2, 0.25) is 0 Å². The third-order valence-corrected chi connectivity index (χ3v) is 5.31. The second-order valence-electron chi connectivity index (χ2n) is 6.21. The van der Waals surface area contributed by atoms with Crippen molar-refractivity contribution >= 4 is 21.6 Å². The fourth-order valence-corrected chi connectivity index (χ4v) is 3.39. The molecule has 0 aromatic heterocycles. The number of carbonyl (C=O) groups excluding carboxylic acids is 1. The molecule has 146 valence electrons.